The molecule has 0 saturated carbocycles. The first-order valence-electron chi connectivity index (χ1n) is 12.9. The van der Waals surface area contributed by atoms with Gasteiger partial charge in [0.25, 0.3) is 5.91 Å². The number of aromatic nitrogens is 6. The highest BCUT2D eigenvalue weighted by Crippen LogP contribution is 2.17. The summed E-state index contributed by atoms with van der Waals surface area (Å²) in [7, 11) is 3.67. The van der Waals surface area contributed by atoms with Gasteiger partial charge in [-0.2, -0.15) is 15.1 Å². The molecule has 5 aromatic rings. The van der Waals surface area contributed by atoms with Crippen molar-refractivity contribution >= 4 is 40.7 Å². The van der Waals surface area contributed by atoms with Crippen LogP contribution in [0, 0.1) is 6.92 Å². The summed E-state index contributed by atoms with van der Waals surface area (Å²) >= 11 is 0. The lowest BCUT2D eigenvalue weighted by Gasteiger charge is -2.04. The minimum absolute atomic E-state index is 0.358. The highest BCUT2D eigenvalue weighted by Gasteiger charge is 2.15. The minimum atomic E-state index is -0.358. The molecule has 0 aliphatic carbocycles. The molecule has 11 nitrogen and oxygen atoms in total. The van der Waals surface area contributed by atoms with E-state index in [0.29, 0.717) is 54.1 Å². The number of allylic oxidation sites excluding steroid dienone is 2. The van der Waals surface area contributed by atoms with Gasteiger partial charge in [-0.25, -0.2) is 0 Å². The van der Waals surface area contributed by atoms with E-state index in [1.54, 1.807) is 34.5 Å². The molecule has 0 unspecified atom stereocenters. The van der Waals surface area contributed by atoms with E-state index < -0.39 is 0 Å². The molecular weight excluding hydrogens is 508 g/mol. The summed E-state index contributed by atoms with van der Waals surface area (Å²) in [6.07, 6.45) is 5.24. The molecule has 0 atom stereocenters. The number of aldehydes is 1. The van der Waals surface area contributed by atoms with Crippen molar-refractivity contribution in [3.05, 3.63) is 88.9 Å². The van der Waals surface area contributed by atoms with Gasteiger partial charge in [0.05, 0.1) is 27.8 Å². The maximum Gasteiger partial charge on any atom is 0.298 e. The Morgan fingerprint density at radius 3 is 2.25 bits per heavy atom. The van der Waals surface area contributed by atoms with Crippen molar-refractivity contribution in [3.8, 4) is 0 Å². The van der Waals surface area contributed by atoms with Crippen molar-refractivity contribution in [1.29, 1.82) is 0 Å². The topological polar surface area (TPSA) is 113 Å². The quantitative estimate of drug-likeness (QED) is 0.223. The first-order valence-corrected chi connectivity index (χ1v) is 12.9. The number of imidazole rings is 2. The van der Waals surface area contributed by atoms with E-state index in [1.165, 1.54) is 0 Å². The third-order valence-corrected chi connectivity index (χ3v) is 6.95. The van der Waals surface area contributed by atoms with E-state index in [9.17, 15) is 14.4 Å². The lowest BCUT2D eigenvalue weighted by Crippen LogP contribution is -2.26. The van der Waals surface area contributed by atoms with Crippen LogP contribution in [0.4, 0.5) is 0 Å². The van der Waals surface area contributed by atoms with Gasteiger partial charge in [-0.3, -0.25) is 19.1 Å². The van der Waals surface area contributed by atoms with E-state index in [4.69, 9.17) is 0 Å². The second-order valence-electron chi connectivity index (χ2n) is 9.37. The number of hydrogen-bond donors (Lipinski definition) is 0. The number of rotatable bonds is 8. The second-order valence-corrected chi connectivity index (χ2v) is 9.37. The lowest BCUT2D eigenvalue weighted by molar-refractivity contribution is -0.107. The van der Waals surface area contributed by atoms with Gasteiger partial charge in [-0.05, 0) is 44.2 Å². The molecule has 3 aromatic heterocycles. The molecule has 11 heteroatoms. The second kappa shape index (κ2) is 11.0. The fraction of sp³-hybridized carbons (Fsp3) is 0.241. The maximum absolute atomic E-state index is 13.2. The number of carbonyl (C=O) groups excluding carboxylic acids is 3. The first-order chi connectivity index (χ1) is 19.4. The summed E-state index contributed by atoms with van der Waals surface area (Å²) < 4.78 is 9.17. The van der Waals surface area contributed by atoms with Gasteiger partial charge >= 0.3 is 0 Å². The molecule has 0 bridgehead atoms. The number of para-hydroxylation sites is 3. The maximum atomic E-state index is 13.2. The average molecular weight is 539 g/mol. The van der Waals surface area contributed by atoms with Crippen LogP contribution in [0.5, 0.6) is 0 Å². The van der Waals surface area contributed by atoms with Gasteiger partial charge in [0.15, 0.2) is 6.29 Å². The van der Waals surface area contributed by atoms with Gasteiger partial charge < -0.3 is 18.3 Å². The highest BCUT2D eigenvalue weighted by atomic mass is 16.1. The fourth-order valence-corrected chi connectivity index (χ4v) is 5.15. The molecule has 0 N–H and O–H groups in total. The minimum Gasteiger partial charge on any atom is -0.313 e. The summed E-state index contributed by atoms with van der Waals surface area (Å²) in [6.45, 7) is 5.22. The molecule has 0 aliphatic heterocycles. The monoisotopic (exact) mass is 538 g/mol. The van der Waals surface area contributed by atoms with E-state index in [1.807, 2.05) is 77.1 Å². The number of hydrogen-bond acceptors (Lipinski definition) is 4. The fourth-order valence-electron chi connectivity index (χ4n) is 5.15. The number of amides is 2. The Labute approximate surface area is 229 Å². The molecule has 0 radical (unpaired) electrons. The lowest BCUT2D eigenvalue weighted by atomic mass is 10.2. The molecule has 2 amide bonds. The number of carbonyl (C=O) groups is 3. The Hall–Kier alpha value is -5.06. The van der Waals surface area contributed by atoms with Crippen molar-refractivity contribution in [3.63, 3.8) is 0 Å². The Morgan fingerprint density at radius 2 is 1.57 bits per heavy atom. The molecule has 0 aliphatic rings. The molecule has 0 saturated heterocycles. The predicted octanol–water partition coefficient (Wildman–Crippen LogP) is 2.66. The van der Waals surface area contributed by atoms with Crippen molar-refractivity contribution in [2.24, 2.45) is 24.1 Å². The van der Waals surface area contributed by atoms with Crippen molar-refractivity contribution in [1.82, 2.24) is 28.0 Å². The number of fused-ring (bicyclic) bond motifs is 2. The van der Waals surface area contributed by atoms with Crippen molar-refractivity contribution < 1.29 is 14.4 Å². The summed E-state index contributed by atoms with van der Waals surface area (Å²) in [4.78, 5) is 44.7. The molecular formula is C29H30N8O3. The average Bonchev–Trinajstić information content (AvgIpc) is 3.57. The molecule has 0 spiro atoms. The summed E-state index contributed by atoms with van der Waals surface area (Å²) in [5.41, 5.74) is 6.06. The molecule has 3 heterocycles. The van der Waals surface area contributed by atoms with Crippen LogP contribution in [0.15, 0.2) is 70.7 Å². The van der Waals surface area contributed by atoms with Crippen LogP contribution in [-0.4, -0.2) is 46.7 Å². The number of benzene rings is 2. The standard InChI is InChI=1S/C29H30N8O3/c1-5-37-25(17-20(2)32-37)27(40)31-29-33(3)22-12-6-7-13-23(22)35(29)15-8-9-16-36-24-14-10-11-21(18-38)26(24)34(4)28(36)30-19-39/h6-14,17-19H,5,15-16H2,1-4H3/b9-8+,30-28+,31-29+. The normalized spacial score (nSPS) is 12.8. The van der Waals surface area contributed by atoms with Crippen LogP contribution in [0.25, 0.3) is 22.1 Å². The first kappa shape index (κ1) is 26.5. The number of aryl methyl sites for hydroxylation is 4. The summed E-state index contributed by atoms with van der Waals surface area (Å²) in [5.74, 6) is -0.358. The van der Waals surface area contributed by atoms with E-state index >= 15 is 0 Å². The molecule has 40 heavy (non-hydrogen) atoms. The van der Waals surface area contributed by atoms with Crippen LogP contribution in [0.3, 0.4) is 0 Å². The van der Waals surface area contributed by atoms with Gasteiger partial charge in [-0.15, -0.1) is 0 Å². The third-order valence-electron chi connectivity index (χ3n) is 6.95. The zero-order valence-electron chi connectivity index (χ0n) is 22.9. The third kappa shape index (κ3) is 4.55. The Kier molecular flexibility index (Phi) is 7.28. The zero-order valence-corrected chi connectivity index (χ0v) is 22.9. The predicted molar refractivity (Wildman–Crippen MR) is 151 cm³/mol. The Balaban J connectivity index is 1.54. The van der Waals surface area contributed by atoms with Crippen LogP contribution >= 0.6 is 0 Å². The Bertz CT molecular complexity index is 1940. The van der Waals surface area contributed by atoms with Crippen LogP contribution in [-0.2, 0) is 38.5 Å². The van der Waals surface area contributed by atoms with Crippen LogP contribution < -0.4 is 11.2 Å². The van der Waals surface area contributed by atoms with Crippen molar-refractivity contribution in [2.45, 2.75) is 33.5 Å². The van der Waals surface area contributed by atoms with E-state index in [-0.39, 0.29) is 5.91 Å². The van der Waals surface area contributed by atoms with Gasteiger partial charge in [-0.1, -0.05) is 30.4 Å². The van der Waals surface area contributed by atoms with Crippen LogP contribution in [0.1, 0.15) is 33.5 Å². The molecule has 204 valence electrons. The largest absolute Gasteiger partial charge is 0.313 e. The van der Waals surface area contributed by atoms with Gasteiger partial charge in [0, 0.05) is 39.3 Å². The SMILES string of the molecule is CCn1nc(C)cc1C(=O)/N=c1\n(C)c2ccccc2n1C/C=C/Cn1/c(=N/C=O)n(C)c2c(C=O)cccc21. The zero-order chi connectivity index (χ0) is 28.4. The van der Waals surface area contributed by atoms with E-state index in [2.05, 4.69) is 15.1 Å². The molecule has 5 rings (SSSR count). The molecule has 0 fully saturated rings. The van der Waals surface area contributed by atoms with Crippen LogP contribution in [0.2, 0.25) is 0 Å². The van der Waals surface area contributed by atoms with Gasteiger partial charge in [0.1, 0.15) is 5.69 Å². The van der Waals surface area contributed by atoms with Gasteiger partial charge in [0.2, 0.25) is 17.6 Å². The molecule has 2 aromatic carbocycles. The van der Waals surface area contributed by atoms with E-state index in [0.717, 1.165) is 28.5 Å². The summed E-state index contributed by atoms with van der Waals surface area (Å²) in [6, 6.07) is 15.1. The van der Waals surface area contributed by atoms with Crippen molar-refractivity contribution in [2.75, 3.05) is 0 Å². The number of nitrogens with zero attached hydrogens (tertiary/aromatic N) is 8. The Morgan fingerprint density at radius 1 is 0.900 bits per heavy atom. The summed E-state index contributed by atoms with van der Waals surface area (Å²) in [5, 5.41) is 4.38. The highest BCUT2D eigenvalue weighted by molar-refractivity contribution is 5.95. The smallest absolute Gasteiger partial charge is 0.298 e.